The predicted molar refractivity (Wildman–Crippen MR) is 106 cm³/mol. The standard InChI is InChI=1S/C16H17N4O3S.2CH4O.K/c1-9-7-17-12(10(2)14(9)23-4)8-24(21)16-18-11-5-6-13(22-3)19-15(11)20-16;2*1-2;/h5-7H,8H2,1-4H3;2*2H,1H3;/q-1;;;+1. The molecule has 1 unspecified atom stereocenters. The smallest absolute Gasteiger partial charge is 0.496 e. The van der Waals surface area contributed by atoms with Crippen LogP contribution in [0.5, 0.6) is 11.6 Å². The van der Waals surface area contributed by atoms with Crippen molar-refractivity contribution in [1.29, 1.82) is 0 Å². The number of methoxy groups -OCH3 is 2. The number of ether oxygens (including phenoxy) is 2. The zero-order chi connectivity index (χ0) is 21.3. The number of aliphatic hydroxyl groups excluding tert-OH is 2. The van der Waals surface area contributed by atoms with Crippen LogP contribution in [0.4, 0.5) is 0 Å². The van der Waals surface area contributed by atoms with Gasteiger partial charge in [0.25, 0.3) is 0 Å². The Labute approximate surface area is 215 Å². The number of pyridine rings is 2. The van der Waals surface area contributed by atoms with Crippen LogP contribution in [0.15, 0.2) is 23.5 Å². The predicted octanol–water partition coefficient (Wildman–Crippen LogP) is -1.86. The summed E-state index contributed by atoms with van der Waals surface area (Å²) >= 11 is 0. The van der Waals surface area contributed by atoms with E-state index in [9.17, 15) is 4.21 Å². The van der Waals surface area contributed by atoms with E-state index in [1.807, 2.05) is 13.8 Å². The van der Waals surface area contributed by atoms with Crippen LogP contribution in [0.25, 0.3) is 11.2 Å². The van der Waals surface area contributed by atoms with Gasteiger partial charge in [-0.2, -0.15) is 0 Å². The third-order valence-corrected chi connectivity index (χ3v) is 4.80. The summed E-state index contributed by atoms with van der Waals surface area (Å²) < 4.78 is 23.1. The number of imidazole rings is 1. The molecule has 3 aromatic rings. The molecule has 0 bridgehead atoms. The van der Waals surface area contributed by atoms with Crippen LogP contribution >= 0.6 is 0 Å². The normalized spacial score (nSPS) is 10.6. The molecule has 9 nitrogen and oxygen atoms in total. The number of aryl methyl sites for hydroxylation is 1. The van der Waals surface area contributed by atoms with Gasteiger partial charge in [-0.3, -0.25) is 9.19 Å². The number of hydrogen-bond donors (Lipinski definition) is 2. The summed E-state index contributed by atoms with van der Waals surface area (Å²) in [6.07, 6.45) is 1.72. The molecule has 0 aliphatic heterocycles. The van der Waals surface area contributed by atoms with Gasteiger partial charge in [0.2, 0.25) is 0 Å². The second-order valence-corrected chi connectivity index (χ2v) is 6.58. The van der Waals surface area contributed by atoms with Crippen molar-refractivity contribution in [1.82, 2.24) is 19.9 Å². The Morgan fingerprint density at radius 3 is 2.31 bits per heavy atom. The van der Waals surface area contributed by atoms with Crippen molar-refractivity contribution in [2.24, 2.45) is 0 Å². The number of fused-ring (bicyclic) bond motifs is 1. The molecule has 0 spiro atoms. The Morgan fingerprint density at radius 2 is 1.72 bits per heavy atom. The van der Waals surface area contributed by atoms with Gasteiger partial charge in [-0.1, -0.05) is 0 Å². The van der Waals surface area contributed by atoms with Crippen molar-refractivity contribution in [3.63, 3.8) is 0 Å². The van der Waals surface area contributed by atoms with Crippen LogP contribution in [0.1, 0.15) is 16.8 Å². The molecule has 0 aromatic carbocycles. The van der Waals surface area contributed by atoms with Crippen molar-refractivity contribution >= 4 is 22.0 Å². The number of hydrogen-bond acceptors (Lipinski definition) is 8. The van der Waals surface area contributed by atoms with E-state index in [2.05, 4.69) is 19.9 Å². The summed E-state index contributed by atoms with van der Waals surface area (Å²) in [5.41, 5.74) is 3.53. The Balaban J connectivity index is 0.00000148. The zero-order valence-electron chi connectivity index (χ0n) is 17.8. The molecule has 2 N–H and O–H groups in total. The minimum absolute atomic E-state index is 0. The van der Waals surface area contributed by atoms with Gasteiger partial charge in [-0.05, 0) is 26.0 Å². The van der Waals surface area contributed by atoms with E-state index in [1.54, 1.807) is 25.4 Å². The molecule has 0 aliphatic carbocycles. The van der Waals surface area contributed by atoms with Gasteiger partial charge in [-0.25, -0.2) is 0 Å². The van der Waals surface area contributed by atoms with Crippen LogP contribution in [-0.2, 0) is 16.6 Å². The van der Waals surface area contributed by atoms with Gasteiger partial charge >= 0.3 is 51.4 Å². The number of aromatic nitrogens is 4. The van der Waals surface area contributed by atoms with Crippen molar-refractivity contribution in [3.8, 4) is 11.6 Å². The summed E-state index contributed by atoms with van der Waals surface area (Å²) in [6.45, 7) is 3.83. The first-order valence-corrected chi connectivity index (χ1v) is 9.47. The number of nitrogens with zero attached hydrogens (tertiary/aromatic N) is 4. The van der Waals surface area contributed by atoms with E-state index in [0.29, 0.717) is 22.7 Å². The fourth-order valence-electron chi connectivity index (χ4n) is 2.43. The molecule has 3 aromatic heterocycles. The van der Waals surface area contributed by atoms with Crippen LogP contribution in [-0.4, -0.2) is 57.8 Å². The molecule has 0 aliphatic rings. The first kappa shape index (κ1) is 28.1. The fraction of sp³-hybridized carbons (Fsp3) is 0.389. The minimum Gasteiger partial charge on any atom is -0.496 e. The van der Waals surface area contributed by atoms with Crippen LogP contribution in [0, 0.1) is 13.8 Å². The maximum absolute atomic E-state index is 12.6. The molecule has 0 saturated heterocycles. The summed E-state index contributed by atoms with van der Waals surface area (Å²) in [4.78, 5) is 17.1. The van der Waals surface area contributed by atoms with Crippen LogP contribution < -0.4 is 65.8 Å². The van der Waals surface area contributed by atoms with E-state index >= 15 is 0 Å². The third-order valence-electron chi connectivity index (χ3n) is 3.68. The molecule has 3 rings (SSSR count). The van der Waals surface area contributed by atoms with Crippen molar-refractivity contribution in [3.05, 3.63) is 35.2 Å². The van der Waals surface area contributed by atoms with E-state index in [1.165, 1.54) is 7.11 Å². The van der Waals surface area contributed by atoms with Crippen molar-refractivity contribution in [2.75, 3.05) is 28.4 Å². The average molecular weight is 449 g/mol. The van der Waals surface area contributed by atoms with E-state index in [4.69, 9.17) is 19.7 Å². The molecule has 0 amide bonds. The Hall–Kier alpha value is -0.924. The van der Waals surface area contributed by atoms with Gasteiger partial charge in [0.15, 0.2) is 0 Å². The monoisotopic (exact) mass is 448 g/mol. The number of aliphatic hydroxyl groups is 2. The van der Waals surface area contributed by atoms with Crippen LogP contribution in [0.3, 0.4) is 0 Å². The van der Waals surface area contributed by atoms with Crippen molar-refractivity contribution in [2.45, 2.75) is 24.8 Å². The van der Waals surface area contributed by atoms with Crippen LogP contribution in [0.2, 0.25) is 0 Å². The van der Waals surface area contributed by atoms with Gasteiger partial charge in [0.1, 0.15) is 11.6 Å². The third kappa shape index (κ3) is 7.07. The Kier molecular flexibility index (Phi) is 13.7. The summed E-state index contributed by atoms with van der Waals surface area (Å²) in [5.74, 6) is 1.42. The molecule has 0 fully saturated rings. The topological polar surface area (TPSA) is 129 Å². The molecular weight excluding hydrogens is 423 g/mol. The van der Waals surface area contributed by atoms with E-state index in [0.717, 1.165) is 31.1 Å². The Bertz CT molecular complexity index is 936. The largest absolute Gasteiger partial charge is 1.00 e. The molecule has 1 atom stereocenters. The molecule has 0 radical (unpaired) electrons. The molecule has 154 valence electrons. The van der Waals surface area contributed by atoms with Gasteiger partial charge in [0.05, 0.1) is 41.6 Å². The first-order chi connectivity index (χ1) is 13.5. The second kappa shape index (κ2) is 14.1. The summed E-state index contributed by atoms with van der Waals surface area (Å²) in [7, 11) is 3.72. The molecule has 0 saturated carbocycles. The maximum atomic E-state index is 12.6. The van der Waals surface area contributed by atoms with Gasteiger partial charge in [-0.15, -0.1) is 0 Å². The Morgan fingerprint density at radius 1 is 1.07 bits per heavy atom. The first-order valence-electron chi connectivity index (χ1n) is 8.15. The van der Waals surface area contributed by atoms with Crippen molar-refractivity contribution < 1.29 is 75.3 Å². The zero-order valence-corrected chi connectivity index (χ0v) is 21.7. The van der Waals surface area contributed by atoms with Gasteiger partial charge < -0.3 is 34.6 Å². The van der Waals surface area contributed by atoms with Gasteiger partial charge in [0, 0.05) is 42.7 Å². The average Bonchev–Trinajstić information content (AvgIpc) is 3.17. The molecule has 29 heavy (non-hydrogen) atoms. The quantitative estimate of drug-likeness (QED) is 0.432. The summed E-state index contributed by atoms with van der Waals surface area (Å²) in [5, 5.41) is 14.2. The van der Waals surface area contributed by atoms with E-state index < -0.39 is 10.8 Å². The summed E-state index contributed by atoms with van der Waals surface area (Å²) in [6, 6.07) is 3.44. The SMILES string of the molecule is CO.CO.COc1ccc2nc(S(=O)Cc3ncc(C)c(OC)c3C)[n-]c2n1.[K+]. The molecule has 11 heteroatoms. The fourth-order valence-corrected chi connectivity index (χ4v) is 3.49. The number of rotatable bonds is 5. The molecular formula is C18H25KN4O5S. The maximum Gasteiger partial charge on any atom is 1.00 e. The minimum atomic E-state index is -1.42. The van der Waals surface area contributed by atoms with E-state index in [-0.39, 0.29) is 62.3 Å². The second-order valence-electron chi connectivity index (χ2n) is 5.24. The molecule has 3 heterocycles.